The number of anilines is 1. The molecular formula is C17H16ClN5O. The van der Waals surface area contributed by atoms with Crippen LogP contribution in [0.1, 0.15) is 22.4 Å². The third kappa shape index (κ3) is 2.53. The zero-order chi connectivity index (χ0) is 17.4. The molecule has 0 radical (unpaired) electrons. The second kappa shape index (κ2) is 6.02. The number of halogens is 1. The van der Waals surface area contributed by atoms with Gasteiger partial charge in [0.05, 0.1) is 30.3 Å². The molecule has 3 aromatic heterocycles. The van der Waals surface area contributed by atoms with Gasteiger partial charge in [-0.3, -0.25) is 4.98 Å². The van der Waals surface area contributed by atoms with Crippen molar-refractivity contribution in [2.45, 2.75) is 20.4 Å². The first-order chi connectivity index (χ1) is 11.5. The molecule has 3 aromatic rings. The largest absolute Gasteiger partial charge is 0.496 e. The highest BCUT2D eigenvalue weighted by Gasteiger charge is 2.16. The minimum absolute atomic E-state index is 0.0987. The van der Waals surface area contributed by atoms with Crippen LogP contribution in [0.25, 0.3) is 11.0 Å². The van der Waals surface area contributed by atoms with E-state index in [1.807, 2.05) is 18.4 Å². The number of fused-ring (bicyclic) bond motifs is 1. The summed E-state index contributed by atoms with van der Waals surface area (Å²) in [6.07, 6.45) is 9.17. The number of hydrogen-bond donors (Lipinski definition) is 1. The number of aromatic nitrogens is 4. The summed E-state index contributed by atoms with van der Waals surface area (Å²) < 4.78 is 7.33. The van der Waals surface area contributed by atoms with Gasteiger partial charge in [0.15, 0.2) is 0 Å². The van der Waals surface area contributed by atoms with Gasteiger partial charge in [-0.2, -0.15) is 4.98 Å². The topological polar surface area (TPSA) is 78.8 Å². The number of methoxy groups -OCH3 is 1. The molecule has 0 saturated carbocycles. The van der Waals surface area contributed by atoms with E-state index in [0.717, 1.165) is 22.6 Å². The summed E-state index contributed by atoms with van der Waals surface area (Å²) in [4.78, 5) is 12.8. The summed E-state index contributed by atoms with van der Waals surface area (Å²) in [5.41, 5.74) is 9.73. The number of nitrogens with two attached hydrogens (primary N) is 1. The van der Waals surface area contributed by atoms with E-state index < -0.39 is 0 Å². The Kier molecular flexibility index (Phi) is 4.04. The Labute approximate surface area is 144 Å². The van der Waals surface area contributed by atoms with E-state index in [1.165, 1.54) is 0 Å². The molecule has 0 fully saturated rings. The lowest BCUT2D eigenvalue weighted by Gasteiger charge is -2.13. The highest BCUT2D eigenvalue weighted by Crippen LogP contribution is 2.29. The smallest absolute Gasteiger partial charge is 0.223 e. The van der Waals surface area contributed by atoms with Crippen molar-refractivity contribution in [2.75, 3.05) is 12.8 Å². The molecule has 0 saturated heterocycles. The lowest BCUT2D eigenvalue weighted by molar-refractivity contribution is 0.406. The minimum Gasteiger partial charge on any atom is -0.496 e. The van der Waals surface area contributed by atoms with Crippen LogP contribution in [0.2, 0.25) is 5.15 Å². The van der Waals surface area contributed by atoms with Crippen molar-refractivity contribution in [3.05, 3.63) is 39.9 Å². The minimum atomic E-state index is 0.0987. The molecular weight excluding hydrogens is 326 g/mol. The van der Waals surface area contributed by atoms with Crippen molar-refractivity contribution >= 4 is 28.6 Å². The zero-order valence-electron chi connectivity index (χ0n) is 13.6. The zero-order valence-corrected chi connectivity index (χ0v) is 14.3. The van der Waals surface area contributed by atoms with Crippen LogP contribution < -0.4 is 10.5 Å². The first-order valence-electron chi connectivity index (χ1n) is 7.23. The van der Waals surface area contributed by atoms with Crippen molar-refractivity contribution in [3.8, 4) is 18.1 Å². The number of terminal acetylenes is 1. The summed E-state index contributed by atoms with van der Waals surface area (Å²) >= 11 is 6.19. The van der Waals surface area contributed by atoms with E-state index in [1.54, 1.807) is 19.5 Å². The molecule has 0 aliphatic heterocycles. The Balaban J connectivity index is 2.17. The molecule has 7 heteroatoms. The van der Waals surface area contributed by atoms with Crippen molar-refractivity contribution in [3.63, 3.8) is 0 Å². The Morgan fingerprint density at radius 1 is 1.38 bits per heavy atom. The number of aryl methyl sites for hydroxylation is 1. The van der Waals surface area contributed by atoms with E-state index in [4.69, 9.17) is 28.5 Å². The van der Waals surface area contributed by atoms with Gasteiger partial charge in [0.2, 0.25) is 5.95 Å². The number of nitrogens with zero attached hydrogens (tertiary/aromatic N) is 4. The summed E-state index contributed by atoms with van der Waals surface area (Å²) in [6, 6.07) is 0. The maximum Gasteiger partial charge on any atom is 0.223 e. The molecule has 0 aromatic carbocycles. The van der Waals surface area contributed by atoms with Crippen LogP contribution in [0.3, 0.4) is 0 Å². The molecule has 0 amide bonds. The predicted octanol–water partition coefficient (Wildman–Crippen LogP) is 2.72. The van der Waals surface area contributed by atoms with Gasteiger partial charge >= 0.3 is 0 Å². The third-order valence-electron chi connectivity index (χ3n) is 3.91. The standard InChI is InChI=1S/C17H16ClN5O/c1-5-11-7-23(16-13(11)15(18)21-17(19)22-16)8-12-10(3)14(24-4)9(2)6-20-12/h1,6-7H,8H2,2-4H3,(H2,19,21,22). The molecule has 0 aliphatic carbocycles. The monoisotopic (exact) mass is 341 g/mol. The van der Waals surface area contributed by atoms with Crippen LogP contribution in [0, 0.1) is 26.2 Å². The molecule has 0 aliphatic rings. The van der Waals surface area contributed by atoms with Crippen LogP contribution in [0.5, 0.6) is 5.75 Å². The average Bonchev–Trinajstić information content (AvgIpc) is 2.88. The van der Waals surface area contributed by atoms with Gasteiger partial charge < -0.3 is 15.0 Å². The molecule has 0 bridgehead atoms. The molecule has 122 valence electrons. The summed E-state index contributed by atoms with van der Waals surface area (Å²) in [5, 5.41) is 0.862. The lowest BCUT2D eigenvalue weighted by atomic mass is 10.1. The lowest BCUT2D eigenvalue weighted by Crippen LogP contribution is -2.07. The van der Waals surface area contributed by atoms with E-state index in [0.29, 0.717) is 23.1 Å². The molecule has 0 unspecified atom stereocenters. The fourth-order valence-electron chi connectivity index (χ4n) is 2.78. The number of rotatable bonds is 3. The van der Waals surface area contributed by atoms with E-state index in [9.17, 15) is 0 Å². The van der Waals surface area contributed by atoms with Gasteiger partial charge in [0.25, 0.3) is 0 Å². The van der Waals surface area contributed by atoms with Crippen LogP contribution in [-0.2, 0) is 6.54 Å². The van der Waals surface area contributed by atoms with Gasteiger partial charge in [-0.15, -0.1) is 6.42 Å². The summed E-state index contributed by atoms with van der Waals surface area (Å²) in [7, 11) is 1.65. The summed E-state index contributed by atoms with van der Waals surface area (Å²) in [6.45, 7) is 4.39. The van der Waals surface area contributed by atoms with E-state index in [2.05, 4.69) is 20.9 Å². The molecule has 24 heavy (non-hydrogen) atoms. The van der Waals surface area contributed by atoms with Crippen LogP contribution in [0.15, 0.2) is 12.4 Å². The molecule has 0 spiro atoms. The predicted molar refractivity (Wildman–Crippen MR) is 94.3 cm³/mol. The van der Waals surface area contributed by atoms with Crippen LogP contribution in [-0.4, -0.2) is 26.6 Å². The normalized spacial score (nSPS) is 10.8. The molecule has 0 atom stereocenters. The maximum absolute atomic E-state index is 6.19. The number of pyridine rings is 1. The average molecular weight is 342 g/mol. The highest BCUT2D eigenvalue weighted by atomic mass is 35.5. The second-order valence-electron chi connectivity index (χ2n) is 5.43. The number of ether oxygens (including phenoxy) is 1. The highest BCUT2D eigenvalue weighted by molar-refractivity contribution is 6.34. The first-order valence-corrected chi connectivity index (χ1v) is 7.61. The number of nitrogen functional groups attached to an aromatic ring is 1. The van der Waals surface area contributed by atoms with Crippen molar-refractivity contribution in [2.24, 2.45) is 0 Å². The fraction of sp³-hybridized carbons (Fsp3) is 0.235. The molecule has 6 nitrogen and oxygen atoms in total. The van der Waals surface area contributed by atoms with E-state index >= 15 is 0 Å². The Morgan fingerprint density at radius 3 is 2.79 bits per heavy atom. The molecule has 3 rings (SSSR count). The Hall–Kier alpha value is -2.78. The van der Waals surface area contributed by atoms with Gasteiger partial charge in [0.1, 0.15) is 16.5 Å². The Bertz CT molecular complexity index is 987. The Morgan fingerprint density at radius 2 is 2.12 bits per heavy atom. The van der Waals surface area contributed by atoms with Crippen molar-refractivity contribution in [1.82, 2.24) is 19.5 Å². The van der Waals surface area contributed by atoms with Gasteiger partial charge in [-0.25, -0.2) is 4.98 Å². The van der Waals surface area contributed by atoms with Crippen molar-refractivity contribution in [1.29, 1.82) is 0 Å². The number of hydrogen-bond acceptors (Lipinski definition) is 5. The molecule has 3 heterocycles. The van der Waals surface area contributed by atoms with E-state index in [-0.39, 0.29) is 11.1 Å². The van der Waals surface area contributed by atoms with Crippen molar-refractivity contribution < 1.29 is 4.74 Å². The molecule has 2 N–H and O–H groups in total. The van der Waals surface area contributed by atoms with Crippen LogP contribution >= 0.6 is 11.6 Å². The van der Waals surface area contributed by atoms with Gasteiger partial charge in [-0.05, 0) is 13.8 Å². The second-order valence-corrected chi connectivity index (χ2v) is 5.79. The van der Waals surface area contributed by atoms with Gasteiger partial charge in [-0.1, -0.05) is 17.5 Å². The third-order valence-corrected chi connectivity index (χ3v) is 4.19. The SMILES string of the molecule is C#Cc1cn(Cc2ncc(C)c(OC)c2C)c2nc(N)nc(Cl)c12. The summed E-state index contributed by atoms with van der Waals surface area (Å²) in [5.74, 6) is 3.53. The fourth-order valence-corrected chi connectivity index (χ4v) is 3.05. The van der Waals surface area contributed by atoms with Gasteiger partial charge in [0, 0.05) is 23.5 Å². The van der Waals surface area contributed by atoms with Crippen LogP contribution in [0.4, 0.5) is 5.95 Å². The first kappa shape index (κ1) is 16.1. The maximum atomic E-state index is 6.19. The quantitative estimate of drug-likeness (QED) is 0.585.